The van der Waals surface area contributed by atoms with E-state index in [1.165, 1.54) is 0 Å². The number of carbonyl (C=O) groups excluding carboxylic acids is 2. The summed E-state index contributed by atoms with van der Waals surface area (Å²) >= 11 is 0. The van der Waals surface area contributed by atoms with E-state index in [-0.39, 0.29) is 31.3 Å². The topological polar surface area (TPSA) is 127 Å². The summed E-state index contributed by atoms with van der Waals surface area (Å²) < 4.78 is 0. The van der Waals surface area contributed by atoms with E-state index in [1.54, 1.807) is 17.0 Å². The number of rotatable bonds is 4. The number of hydrogen-bond donors (Lipinski definition) is 4. The van der Waals surface area contributed by atoms with Gasteiger partial charge < -0.3 is 20.3 Å². The molecule has 9 nitrogen and oxygen atoms in total. The minimum absolute atomic E-state index is 0.167. The number of benzene rings is 2. The molecule has 0 saturated heterocycles. The Morgan fingerprint density at radius 1 is 1.13 bits per heavy atom. The third kappa shape index (κ3) is 3.29. The van der Waals surface area contributed by atoms with Crippen LogP contribution in [-0.2, 0) is 17.8 Å². The Kier molecular flexibility index (Phi) is 4.43. The van der Waals surface area contributed by atoms with E-state index in [2.05, 4.69) is 20.8 Å². The third-order valence-corrected chi connectivity index (χ3v) is 5.61. The number of H-pyrrole nitrogens is 1. The van der Waals surface area contributed by atoms with Gasteiger partial charge in [-0.05, 0) is 17.7 Å². The Labute approximate surface area is 176 Å². The van der Waals surface area contributed by atoms with E-state index in [0.717, 1.165) is 27.7 Å². The number of hydrazone groups is 1. The van der Waals surface area contributed by atoms with Crippen molar-refractivity contribution in [3.05, 3.63) is 70.9 Å². The summed E-state index contributed by atoms with van der Waals surface area (Å²) in [5.41, 5.74) is 6.89. The van der Waals surface area contributed by atoms with E-state index in [9.17, 15) is 19.5 Å². The molecular weight excluding hydrogens is 398 g/mol. The van der Waals surface area contributed by atoms with Crippen molar-refractivity contribution in [2.75, 3.05) is 6.54 Å². The van der Waals surface area contributed by atoms with Crippen molar-refractivity contribution in [2.24, 2.45) is 5.10 Å². The average molecular weight is 417 g/mol. The molecular formula is C22H19N5O4. The van der Waals surface area contributed by atoms with E-state index in [1.807, 2.05) is 36.4 Å². The van der Waals surface area contributed by atoms with Gasteiger partial charge in [0.15, 0.2) is 0 Å². The van der Waals surface area contributed by atoms with Crippen molar-refractivity contribution in [1.29, 1.82) is 0 Å². The minimum Gasteiger partial charge on any atom is -0.465 e. The Bertz CT molecular complexity index is 1250. The van der Waals surface area contributed by atoms with Gasteiger partial charge in [0.1, 0.15) is 6.04 Å². The SMILES string of the molecule is O=C(O)NC(Cc1ccccc1)C(=O)N1CC2=NNC(=O)c3cccc4[nH]c(c2c34)C1. The van der Waals surface area contributed by atoms with Crippen LogP contribution in [0.25, 0.3) is 10.9 Å². The standard InChI is InChI=1S/C22H19N5O4/c28-20-13-7-4-8-14-18(13)19-16(23-14)10-27(11-17(19)25-26-20)21(29)15(24-22(30)31)9-12-5-2-1-3-6-12/h1-8,15,23-24H,9-11H2,(H,26,28)(H,30,31). The second-order valence-corrected chi connectivity index (χ2v) is 7.59. The molecule has 1 atom stereocenters. The normalized spacial score (nSPS) is 15.7. The average Bonchev–Trinajstić information content (AvgIpc) is 3.08. The quantitative estimate of drug-likeness (QED) is 0.517. The van der Waals surface area contributed by atoms with Crippen LogP contribution in [0.3, 0.4) is 0 Å². The fraction of sp³-hybridized carbons (Fsp3) is 0.182. The smallest absolute Gasteiger partial charge is 0.405 e. The lowest BCUT2D eigenvalue weighted by Gasteiger charge is -2.31. The van der Waals surface area contributed by atoms with E-state index < -0.39 is 12.1 Å². The van der Waals surface area contributed by atoms with Gasteiger partial charge in [-0.15, -0.1) is 0 Å². The zero-order valence-electron chi connectivity index (χ0n) is 16.4. The molecule has 1 aromatic heterocycles. The number of carboxylic acid groups (broad SMARTS) is 1. The molecule has 0 fully saturated rings. The van der Waals surface area contributed by atoms with Crippen LogP contribution in [0.2, 0.25) is 0 Å². The van der Waals surface area contributed by atoms with Gasteiger partial charge in [-0.1, -0.05) is 36.4 Å². The van der Waals surface area contributed by atoms with Crippen LogP contribution in [-0.4, -0.2) is 51.2 Å². The summed E-state index contributed by atoms with van der Waals surface area (Å²) in [7, 11) is 0. The van der Waals surface area contributed by atoms with E-state index in [0.29, 0.717) is 11.3 Å². The zero-order valence-corrected chi connectivity index (χ0v) is 16.4. The number of amides is 3. The van der Waals surface area contributed by atoms with Gasteiger partial charge >= 0.3 is 6.09 Å². The Morgan fingerprint density at radius 3 is 2.71 bits per heavy atom. The third-order valence-electron chi connectivity index (χ3n) is 5.61. The summed E-state index contributed by atoms with van der Waals surface area (Å²) in [6, 6.07) is 13.7. The lowest BCUT2D eigenvalue weighted by molar-refractivity contribution is -0.133. The number of hydrogen-bond acceptors (Lipinski definition) is 4. The molecule has 3 amide bonds. The number of nitrogens with zero attached hydrogens (tertiary/aromatic N) is 2. The number of aromatic nitrogens is 1. The molecule has 0 aliphatic carbocycles. The molecule has 0 radical (unpaired) electrons. The van der Waals surface area contributed by atoms with Gasteiger partial charge in [0, 0.05) is 28.6 Å². The largest absolute Gasteiger partial charge is 0.465 e. The van der Waals surface area contributed by atoms with Crippen LogP contribution in [0.4, 0.5) is 4.79 Å². The first-order valence-corrected chi connectivity index (χ1v) is 9.84. The molecule has 0 saturated carbocycles. The molecule has 2 aliphatic rings. The molecule has 3 heterocycles. The second-order valence-electron chi connectivity index (χ2n) is 7.59. The number of nitrogens with one attached hydrogen (secondary N) is 3. The first-order chi connectivity index (χ1) is 15.0. The van der Waals surface area contributed by atoms with Gasteiger partial charge in [-0.3, -0.25) is 9.59 Å². The predicted molar refractivity (Wildman–Crippen MR) is 113 cm³/mol. The van der Waals surface area contributed by atoms with Crippen molar-refractivity contribution in [3.63, 3.8) is 0 Å². The predicted octanol–water partition coefficient (Wildman–Crippen LogP) is 1.84. The first kappa shape index (κ1) is 18.9. The van der Waals surface area contributed by atoms with Crippen molar-refractivity contribution < 1.29 is 19.5 Å². The highest BCUT2D eigenvalue weighted by Crippen LogP contribution is 2.32. The highest BCUT2D eigenvalue weighted by Gasteiger charge is 2.35. The van der Waals surface area contributed by atoms with Crippen molar-refractivity contribution in [2.45, 2.75) is 19.0 Å². The zero-order chi connectivity index (χ0) is 21.5. The second kappa shape index (κ2) is 7.28. The van der Waals surface area contributed by atoms with Crippen LogP contribution in [0.5, 0.6) is 0 Å². The molecule has 4 N–H and O–H groups in total. The minimum atomic E-state index is -1.26. The Balaban J connectivity index is 1.50. The van der Waals surface area contributed by atoms with Crippen LogP contribution in [0.1, 0.15) is 27.2 Å². The molecule has 3 aromatic rings. The molecule has 0 spiro atoms. The summed E-state index contributed by atoms with van der Waals surface area (Å²) in [5, 5.41) is 16.7. The molecule has 5 rings (SSSR count). The van der Waals surface area contributed by atoms with Crippen LogP contribution in [0, 0.1) is 0 Å². The molecule has 9 heteroatoms. The van der Waals surface area contributed by atoms with Crippen LogP contribution in [0.15, 0.2) is 53.6 Å². The Morgan fingerprint density at radius 2 is 1.94 bits per heavy atom. The van der Waals surface area contributed by atoms with Crippen LogP contribution >= 0.6 is 0 Å². The van der Waals surface area contributed by atoms with Gasteiger partial charge in [0.2, 0.25) is 5.91 Å². The monoisotopic (exact) mass is 417 g/mol. The van der Waals surface area contributed by atoms with Crippen molar-refractivity contribution in [3.8, 4) is 0 Å². The van der Waals surface area contributed by atoms with Gasteiger partial charge in [-0.25, -0.2) is 10.2 Å². The number of carbonyl (C=O) groups is 3. The highest BCUT2D eigenvalue weighted by molar-refractivity contribution is 6.21. The lowest BCUT2D eigenvalue weighted by atomic mass is 9.97. The Hall–Kier alpha value is -4.14. The summed E-state index contributed by atoms with van der Waals surface area (Å²) in [5.74, 6) is -0.657. The molecule has 1 unspecified atom stereocenters. The first-order valence-electron chi connectivity index (χ1n) is 9.84. The van der Waals surface area contributed by atoms with Gasteiger partial charge in [0.25, 0.3) is 5.91 Å². The van der Waals surface area contributed by atoms with E-state index in [4.69, 9.17) is 0 Å². The van der Waals surface area contributed by atoms with E-state index >= 15 is 0 Å². The lowest BCUT2D eigenvalue weighted by Crippen LogP contribution is -2.51. The summed E-state index contributed by atoms with van der Waals surface area (Å²) in [6.45, 7) is 0.433. The molecule has 156 valence electrons. The summed E-state index contributed by atoms with van der Waals surface area (Å²) in [6.07, 6.45) is -1.03. The molecule has 2 aliphatic heterocycles. The molecule has 0 bridgehead atoms. The fourth-order valence-electron chi connectivity index (χ4n) is 4.28. The summed E-state index contributed by atoms with van der Waals surface area (Å²) in [4.78, 5) is 42.0. The molecule has 2 aromatic carbocycles. The van der Waals surface area contributed by atoms with Gasteiger partial charge in [-0.2, -0.15) is 5.10 Å². The van der Waals surface area contributed by atoms with Crippen molar-refractivity contribution >= 4 is 34.5 Å². The maximum atomic E-state index is 13.3. The molecule has 31 heavy (non-hydrogen) atoms. The maximum Gasteiger partial charge on any atom is 0.405 e. The van der Waals surface area contributed by atoms with Gasteiger partial charge in [0.05, 0.1) is 24.4 Å². The maximum absolute atomic E-state index is 13.3. The van der Waals surface area contributed by atoms with Crippen molar-refractivity contribution in [1.82, 2.24) is 20.6 Å². The highest BCUT2D eigenvalue weighted by atomic mass is 16.4. The number of aromatic amines is 1. The fourth-order valence-corrected chi connectivity index (χ4v) is 4.28. The van der Waals surface area contributed by atoms with Crippen LogP contribution < -0.4 is 10.7 Å².